The molecule has 0 saturated carbocycles. The number of hydrogen-bond acceptors (Lipinski definition) is 12. The summed E-state index contributed by atoms with van der Waals surface area (Å²) in [5.41, 5.74) is 0. The molecule has 0 spiro atoms. The molecule has 0 aromatic carbocycles. The van der Waals surface area contributed by atoms with E-state index in [1.165, 1.54) is 20.8 Å². The van der Waals surface area contributed by atoms with Crippen LogP contribution in [0.3, 0.4) is 0 Å². The molecule has 0 radical (unpaired) electrons. The van der Waals surface area contributed by atoms with Gasteiger partial charge in [-0.1, -0.05) is 0 Å². The van der Waals surface area contributed by atoms with E-state index in [9.17, 15) is 43.2 Å². The van der Waals surface area contributed by atoms with Crippen LogP contribution >= 0.6 is 0 Å². The van der Waals surface area contributed by atoms with Gasteiger partial charge in [0.05, 0.1) is 24.9 Å². The van der Waals surface area contributed by atoms with Crippen LogP contribution in [0.4, 0.5) is 0 Å². The normalized spacial score (nSPS) is 20.0. The van der Waals surface area contributed by atoms with Crippen LogP contribution in [0.5, 0.6) is 0 Å². The number of nitrogens with zero attached hydrogens (tertiary/aromatic N) is 2. The number of likely N-dealkylation sites (N-methyl/N-ethyl adjacent to an activating group) is 2. The van der Waals surface area contributed by atoms with Crippen molar-refractivity contribution in [2.75, 3.05) is 46.9 Å². The van der Waals surface area contributed by atoms with Gasteiger partial charge in [-0.05, 0) is 41.8 Å². The fraction of sp³-hybridized carbons (Fsp3) is 0.700. The maximum absolute atomic E-state index is 12.7. The zero-order chi connectivity index (χ0) is 36.8. The van der Waals surface area contributed by atoms with E-state index in [1.807, 2.05) is 0 Å². The van der Waals surface area contributed by atoms with E-state index in [0.29, 0.717) is 0 Å². The van der Waals surface area contributed by atoms with E-state index in [1.54, 1.807) is 21.0 Å². The van der Waals surface area contributed by atoms with Gasteiger partial charge in [0.15, 0.2) is 0 Å². The topological polar surface area (TPSA) is 254 Å². The molecule has 19 nitrogen and oxygen atoms in total. The van der Waals surface area contributed by atoms with Gasteiger partial charge >= 0.3 is 0 Å². The highest BCUT2D eigenvalue weighted by Crippen LogP contribution is 2.17. The van der Waals surface area contributed by atoms with Gasteiger partial charge in [0.25, 0.3) is 0 Å². The molecule has 2 aliphatic rings. The van der Waals surface area contributed by atoms with E-state index >= 15 is 0 Å². The Morgan fingerprint density at radius 3 is 1.41 bits per heavy atom. The minimum Gasteiger partial charge on any atom is -0.369 e. The predicted octanol–water partition coefficient (Wildman–Crippen LogP) is -4.39. The summed E-state index contributed by atoms with van der Waals surface area (Å²) in [6.45, 7) is 6.30. The van der Waals surface area contributed by atoms with Crippen LogP contribution in [0.25, 0.3) is 0 Å². The Kier molecular flexibility index (Phi) is 16.2. The second-order valence-corrected chi connectivity index (χ2v) is 11.6. The van der Waals surface area contributed by atoms with Gasteiger partial charge in [0, 0.05) is 51.7 Å². The first kappa shape index (κ1) is 40.7. The molecule has 2 heterocycles. The number of carbonyl (C=O) groups is 9. The Labute approximate surface area is 284 Å². The molecule has 0 aromatic rings. The van der Waals surface area contributed by atoms with Gasteiger partial charge in [-0.25, -0.2) is 0 Å². The molecular formula is C30H49N9O10. The number of carbonyl (C=O) groups excluding carboxylic acids is 9. The lowest BCUT2D eigenvalue weighted by Crippen LogP contribution is -2.51. The molecular weight excluding hydrogens is 646 g/mol. The van der Waals surface area contributed by atoms with E-state index in [4.69, 9.17) is 4.74 Å². The summed E-state index contributed by atoms with van der Waals surface area (Å²) in [5.74, 6) is -4.66. The molecule has 7 N–H and O–H groups in total. The molecule has 9 amide bonds. The minimum absolute atomic E-state index is 0.0110. The van der Waals surface area contributed by atoms with Crippen molar-refractivity contribution in [1.29, 1.82) is 0 Å². The lowest BCUT2D eigenvalue weighted by Gasteiger charge is -2.23. The highest BCUT2D eigenvalue weighted by atomic mass is 16.5. The van der Waals surface area contributed by atoms with Crippen LogP contribution < -0.4 is 37.2 Å². The first-order valence-electron chi connectivity index (χ1n) is 16.2. The SMILES string of the molecule is CCOC(C)C(=O)NC(CC(=O)NCCNC(=O)C(C)N1C(=O)CC(NC)C1=O)CC(=O)NCCNC(=O)C(C)N1C(=O)CC(NC)C1=O. The van der Waals surface area contributed by atoms with E-state index < -0.39 is 89.5 Å². The predicted molar refractivity (Wildman–Crippen MR) is 172 cm³/mol. The van der Waals surface area contributed by atoms with Crippen molar-refractivity contribution < 1.29 is 47.9 Å². The van der Waals surface area contributed by atoms with Crippen molar-refractivity contribution >= 4 is 53.2 Å². The van der Waals surface area contributed by atoms with Crippen LogP contribution in [0.15, 0.2) is 0 Å². The first-order valence-corrected chi connectivity index (χ1v) is 16.2. The summed E-state index contributed by atoms with van der Waals surface area (Å²) in [7, 11) is 3.09. The number of rotatable bonds is 20. The summed E-state index contributed by atoms with van der Waals surface area (Å²) in [5, 5.41) is 18.4. The quantitative estimate of drug-likeness (QED) is 0.0471. The lowest BCUT2D eigenvalue weighted by atomic mass is 10.1. The van der Waals surface area contributed by atoms with Crippen LogP contribution in [0, 0.1) is 0 Å². The molecule has 5 unspecified atom stereocenters. The number of hydrogen-bond donors (Lipinski definition) is 7. The Morgan fingerprint density at radius 2 is 1.06 bits per heavy atom. The number of imide groups is 2. The molecule has 19 heteroatoms. The summed E-state index contributed by atoms with van der Waals surface area (Å²) >= 11 is 0. The van der Waals surface area contributed by atoms with Crippen LogP contribution in [-0.4, -0.2) is 146 Å². The number of ether oxygens (including phenoxy) is 1. The van der Waals surface area contributed by atoms with Crippen molar-refractivity contribution in [2.45, 2.75) is 89.7 Å². The third-order valence-corrected chi connectivity index (χ3v) is 8.09. The zero-order valence-electron chi connectivity index (χ0n) is 28.8. The lowest BCUT2D eigenvalue weighted by molar-refractivity contribution is -0.146. The fourth-order valence-electron chi connectivity index (χ4n) is 5.28. The summed E-state index contributed by atoms with van der Waals surface area (Å²) in [6.07, 6.45) is -1.50. The molecule has 0 bridgehead atoms. The van der Waals surface area contributed by atoms with Crippen molar-refractivity contribution in [1.82, 2.24) is 47.0 Å². The van der Waals surface area contributed by atoms with Gasteiger partial charge in [0.1, 0.15) is 18.2 Å². The second kappa shape index (κ2) is 19.5. The largest absolute Gasteiger partial charge is 0.369 e. The van der Waals surface area contributed by atoms with Crippen LogP contribution in [0.2, 0.25) is 0 Å². The number of nitrogens with one attached hydrogen (secondary N) is 7. The van der Waals surface area contributed by atoms with Gasteiger partial charge < -0.3 is 42.0 Å². The van der Waals surface area contributed by atoms with Crippen LogP contribution in [-0.2, 0) is 47.9 Å². The molecule has 2 rings (SSSR count). The Bertz CT molecular complexity index is 1200. The average Bonchev–Trinajstić information content (AvgIpc) is 3.51. The van der Waals surface area contributed by atoms with E-state index in [2.05, 4.69) is 37.2 Å². The summed E-state index contributed by atoms with van der Waals surface area (Å²) < 4.78 is 5.29. The Hall–Kier alpha value is -4.49. The fourth-order valence-corrected chi connectivity index (χ4v) is 5.28. The summed E-state index contributed by atoms with van der Waals surface area (Å²) in [4.78, 5) is 114. The molecule has 5 atom stereocenters. The van der Waals surface area contributed by atoms with E-state index in [0.717, 1.165) is 9.80 Å². The average molecular weight is 696 g/mol. The monoisotopic (exact) mass is 695 g/mol. The maximum Gasteiger partial charge on any atom is 0.249 e. The first-order chi connectivity index (χ1) is 23.2. The second-order valence-electron chi connectivity index (χ2n) is 11.6. The molecule has 274 valence electrons. The summed E-state index contributed by atoms with van der Waals surface area (Å²) in [6, 6.07) is -4.38. The van der Waals surface area contributed by atoms with Gasteiger partial charge in [0.2, 0.25) is 53.2 Å². The van der Waals surface area contributed by atoms with Crippen molar-refractivity contribution in [3.05, 3.63) is 0 Å². The van der Waals surface area contributed by atoms with Gasteiger partial charge in [-0.15, -0.1) is 0 Å². The molecule has 2 saturated heterocycles. The van der Waals surface area contributed by atoms with Gasteiger partial charge in [-0.2, -0.15) is 0 Å². The Morgan fingerprint density at radius 1 is 0.673 bits per heavy atom. The zero-order valence-corrected chi connectivity index (χ0v) is 28.8. The number of amides is 9. The maximum atomic E-state index is 12.7. The van der Waals surface area contributed by atoms with Gasteiger partial charge in [-0.3, -0.25) is 53.0 Å². The van der Waals surface area contributed by atoms with Crippen molar-refractivity contribution in [2.24, 2.45) is 0 Å². The standard InChI is InChI=1S/C30H49N9O10/c1-7-49-18(4)28(46)37-19(12-22(40)33-8-10-35-26(44)16(2)38-24(42)14-20(31-5)29(38)47)13-23(41)34-9-11-36-27(45)17(3)39-25(43)15-21(32-6)30(39)48/h16-21,31-32H,7-15H2,1-6H3,(H,33,40)(H,34,41)(H,35,44)(H,36,45)(H,37,46). The minimum atomic E-state index is -1.04. The highest BCUT2D eigenvalue weighted by molar-refractivity contribution is 6.09. The van der Waals surface area contributed by atoms with Crippen LogP contribution in [0.1, 0.15) is 53.4 Å². The van der Waals surface area contributed by atoms with E-state index in [-0.39, 0.29) is 58.5 Å². The Balaban J connectivity index is 1.83. The molecule has 0 aliphatic carbocycles. The third kappa shape index (κ3) is 11.6. The molecule has 2 fully saturated rings. The molecule has 0 aromatic heterocycles. The molecule has 2 aliphatic heterocycles. The third-order valence-electron chi connectivity index (χ3n) is 8.09. The molecule has 49 heavy (non-hydrogen) atoms. The number of likely N-dealkylation sites (tertiary alicyclic amines) is 2. The van der Waals surface area contributed by atoms with Crippen molar-refractivity contribution in [3.63, 3.8) is 0 Å². The highest BCUT2D eigenvalue weighted by Gasteiger charge is 2.43. The van der Waals surface area contributed by atoms with Crippen molar-refractivity contribution in [3.8, 4) is 0 Å². The smallest absolute Gasteiger partial charge is 0.249 e.